The van der Waals surface area contributed by atoms with Crippen LogP contribution < -0.4 is 5.32 Å². The minimum atomic E-state index is -1.01. The third kappa shape index (κ3) is 4.53. The highest BCUT2D eigenvalue weighted by Crippen LogP contribution is 2.20. The third-order valence-electron chi connectivity index (χ3n) is 3.19. The van der Waals surface area contributed by atoms with Crippen molar-refractivity contribution >= 4 is 29.2 Å². The number of rotatable bonds is 4. The fraction of sp³-hybridized carbons (Fsp3) is 0.176. The van der Waals surface area contributed by atoms with Crippen molar-refractivity contribution in [3.63, 3.8) is 0 Å². The van der Waals surface area contributed by atoms with Crippen molar-refractivity contribution in [3.05, 3.63) is 64.4 Å². The lowest BCUT2D eigenvalue weighted by molar-refractivity contribution is -0.123. The molecule has 0 spiro atoms. The van der Waals surface area contributed by atoms with Gasteiger partial charge in [0.2, 0.25) is 0 Å². The fourth-order valence-corrected chi connectivity index (χ4v) is 2.00. The quantitative estimate of drug-likeness (QED) is 0.860. The van der Waals surface area contributed by atoms with Crippen LogP contribution in [0.3, 0.4) is 0 Å². The van der Waals surface area contributed by atoms with Crippen molar-refractivity contribution < 1.29 is 18.7 Å². The topological polar surface area (TPSA) is 55.4 Å². The van der Waals surface area contributed by atoms with E-state index in [-0.39, 0.29) is 5.56 Å². The lowest BCUT2D eigenvalue weighted by Crippen LogP contribution is -2.30. The lowest BCUT2D eigenvalue weighted by atomic mass is 10.2. The highest BCUT2D eigenvalue weighted by atomic mass is 35.5. The number of esters is 1. The average molecular weight is 336 g/mol. The van der Waals surface area contributed by atoms with Crippen molar-refractivity contribution in [1.82, 2.24) is 0 Å². The van der Waals surface area contributed by atoms with Crippen molar-refractivity contribution in [2.75, 3.05) is 5.32 Å². The molecular weight excluding hydrogens is 321 g/mol. The predicted molar refractivity (Wildman–Crippen MR) is 86.1 cm³/mol. The van der Waals surface area contributed by atoms with E-state index in [9.17, 15) is 14.0 Å². The Morgan fingerprint density at radius 2 is 1.83 bits per heavy atom. The fourth-order valence-electron chi connectivity index (χ4n) is 1.83. The van der Waals surface area contributed by atoms with Gasteiger partial charge in [-0.1, -0.05) is 17.7 Å². The molecule has 2 rings (SSSR count). The molecule has 0 unspecified atom stereocenters. The maximum absolute atomic E-state index is 12.8. The minimum Gasteiger partial charge on any atom is -0.449 e. The Morgan fingerprint density at radius 1 is 1.17 bits per heavy atom. The Bertz CT molecular complexity index is 731. The van der Waals surface area contributed by atoms with E-state index in [0.717, 1.165) is 17.7 Å². The maximum Gasteiger partial charge on any atom is 0.338 e. The molecule has 0 fully saturated rings. The van der Waals surface area contributed by atoms with Crippen LogP contribution in [0.5, 0.6) is 0 Å². The molecule has 23 heavy (non-hydrogen) atoms. The Kier molecular flexibility index (Phi) is 5.34. The number of hydrogen-bond donors (Lipinski definition) is 1. The van der Waals surface area contributed by atoms with Crippen molar-refractivity contribution in [3.8, 4) is 0 Å². The van der Waals surface area contributed by atoms with E-state index in [1.165, 1.54) is 19.1 Å². The number of benzene rings is 2. The second-order valence-electron chi connectivity index (χ2n) is 5.00. The molecule has 2 aromatic carbocycles. The monoisotopic (exact) mass is 335 g/mol. The summed E-state index contributed by atoms with van der Waals surface area (Å²) < 4.78 is 17.9. The van der Waals surface area contributed by atoms with Crippen LogP contribution in [0.1, 0.15) is 22.8 Å². The molecule has 6 heteroatoms. The number of nitrogens with one attached hydrogen (secondary N) is 1. The van der Waals surface area contributed by atoms with Crippen molar-refractivity contribution in [2.24, 2.45) is 0 Å². The molecule has 0 aliphatic carbocycles. The average Bonchev–Trinajstić information content (AvgIpc) is 2.51. The second kappa shape index (κ2) is 7.24. The van der Waals surface area contributed by atoms with Gasteiger partial charge in [0.05, 0.1) is 5.56 Å². The largest absolute Gasteiger partial charge is 0.449 e. The molecule has 0 aromatic heterocycles. The first-order valence-electron chi connectivity index (χ1n) is 6.90. The van der Waals surface area contributed by atoms with Crippen LogP contribution in [-0.4, -0.2) is 18.0 Å². The van der Waals surface area contributed by atoms with Gasteiger partial charge in [-0.3, -0.25) is 4.79 Å². The molecule has 0 aliphatic heterocycles. The zero-order chi connectivity index (χ0) is 17.0. The van der Waals surface area contributed by atoms with E-state index in [1.54, 1.807) is 18.2 Å². The SMILES string of the molecule is Cc1ccc(Cl)cc1NC(=O)[C@@H](C)OC(=O)c1ccc(F)cc1. The first kappa shape index (κ1) is 17.0. The van der Waals surface area contributed by atoms with E-state index in [4.69, 9.17) is 16.3 Å². The first-order chi connectivity index (χ1) is 10.9. The summed E-state index contributed by atoms with van der Waals surface area (Å²) in [5.74, 6) is -1.63. The Labute approximate surface area is 138 Å². The number of carbonyl (C=O) groups excluding carboxylic acids is 2. The summed E-state index contributed by atoms with van der Waals surface area (Å²) >= 11 is 5.89. The molecule has 0 bridgehead atoms. The number of anilines is 1. The molecule has 0 heterocycles. The van der Waals surface area contributed by atoms with Gasteiger partial charge in [-0.15, -0.1) is 0 Å². The van der Waals surface area contributed by atoms with Gasteiger partial charge < -0.3 is 10.1 Å². The normalized spacial score (nSPS) is 11.7. The van der Waals surface area contributed by atoms with Crippen LogP contribution in [0.2, 0.25) is 5.02 Å². The van der Waals surface area contributed by atoms with Crippen LogP contribution in [0.15, 0.2) is 42.5 Å². The number of aryl methyl sites for hydroxylation is 1. The van der Waals surface area contributed by atoms with Gasteiger partial charge in [0.25, 0.3) is 5.91 Å². The van der Waals surface area contributed by atoms with Crippen LogP contribution in [0.25, 0.3) is 0 Å². The van der Waals surface area contributed by atoms with Gasteiger partial charge in [0.15, 0.2) is 6.10 Å². The number of hydrogen-bond acceptors (Lipinski definition) is 3. The molecule has 4 nitrogen and oxygen atoms in total. The number of halogens is 2. The van der Waals surface area contributed by atoms with Crippen LogP contribution in [0, 0.1) is 12.7 Å². The minimum absolute atomic E-state index is 0.171. The Hall–Kier alpha value is -2.40. The summed E-state index contributed by atoms with van der Waals surface area (Å²) in [5, 5.41) is 3.14. The molecule has 1 N–H and O–H groups in total. The standard InChI is InChI=1S/C17H15ClFNO3/c1-10-3-6-13(18)9-15(10)20-16(21)11(2)23-17(22)12-4-7-14(19)8-5-12/h3-9,11H,1-2H3,(H,20,21)/t11-/m1/s1. The Balaban J connectivity index is 2.01. The zero-order valence-corrected chi connectivity index (χ0v) is 13.4. The van der Waals surface area contributed by atoms with Crippen LogP contribution in [-0.2, 0) is 9.53 Å². The van der Waals surface area contributed by atoms with E-state index >= 15 is 0 Å². The summed E-state index contributed by atoms with van der Waals surface area (Å²) in [6.07, 6.45) is -1.01. The molecular formula is C17H15ClFNO3. The number of amides is 1. The zero-order valence-electron chi connectivity index (χ0n) is 12.6. The highest BCUT2D eigenvalue weighted by molar-refractivity contribution is 6.31. The second-order valence-corrected chi connectivity index (χ2v) is 5.44. The first-order valence-corrected chi connectivity index (χ1v) is 7.28. The summed E-state index contributed by atoms with van der Waals surface area (Å²) in [7, 11) is 0. The molecule has 2 aromatic rings. The molecule has 0 aliphatic rings. The van der Waals surface area contributed by atoms with Gasteiger partial charge in [0.1, 0.15) is 5.82 Å². The van der Waals surface area contributed by atoms with E-state index in [1.807, 2.05) is 6.92 Å². The summed E-state index contributed by atoms with van der Waals surface area (Å²) in [6, 6.07) is 9.99. The lowest BCUT2D eigenvalue weighted by Gasteiger charge is -2.15. The maximum atomic E-state index is 12.8. The van der Waals surface area contributed by atoms with E-state index < -0.39 is 23.8 Å². The molecule has 120 valence electrons. The van der Waals surface area contributed by atoms with Crippen LogP contribution >= 0.6 is 11.6 Å². The highest BCUT2D eigenvalue weighted by Gasteiger charge is 2.19. The number of ether oxygens (including phenoxy) is 1. The predicted octanol–water partition coefficient (Wildman–Crippen LogP) is 3.97. The third-order valence-corrected chi connectivity index (χ3v) is 3.43. The summed E-state index contributed by atoms with van der Waals surface area (Å²) in [6.45, 7) is 3.28. The van der Waals surface area contributed by atoms with E-state index in [2.05, 4.69) is 5.32 Å². The van der Waals surface area contributed by atoms with Gasteiger partial charge in [0, 0.05) is 10.7 Å². The van der Waals surface area contributed by atoms with Crippen molar-refractivity contribution in [1.29, 1.82) is 0 Å². The molecule has 0 saturated heterocycles. The van der Waals surface area contributed by atoms with Gasteiger partial charge in [-0.25, -0.2) is 9.18 Å². The molecule has 0 radical (unpaired) electrons. The summed E-state index contributed by atoms with van der Waals surface area (Å²) in [5.41, 5.74) is 1.55. The molecule has 1 atom stereocenters. The van der Waals surface area contributed by atoms with Gasteiger partial charge in [-0.2, -0.15) is 0 Å². The Morgan fingerprint density at radius 3 is 2.48 bits per heavy atom. The van der Waals surface area contributed by atoms with E-state index in [0.29, 0.717) is 10.7 Å². The summed E-state index contributed by atoms with van der Waals surface area (Å²) in [4.78, 5) is 24.0. The van der Waals surface area contributed by atoms with Crippen LogP contribution in [0.4, 0.5) is 10.1 Å². The molecule has 0 saturated carbocycles. The smallest absolute Gasteiger partial charge is 0.338 e. The van der Waals surface area contributed by atoms with Gasteiger partial charge >= 0.3 is 5.97 Å². The van der Waals surface area contributed by atoms with Crippen molar-refractivity contribution in [2.45, 2.75) is 20.0 Å². The van der Waals surface area contributed by atoms with Gasteiger partial charge in [-0.05, 0) is 55.8 Å². The molecule has 1 amide bonds. The number of carbonyl (C=O) groups is 2.